The Morgan fingerprint density at radius 3 is 2.76 bits per heavy atom. The van der Waals surface area contributed by atoms with Crippen molar-refractivity contribution in [3.05, 3.63) is 46.0 Å². The van der Waals surface area contributed by atoms with Crippen molar-refractivity contribution < 1.29 is 13.9 Å². The molecule has 1 aromatic heterocycles. The number of carbonyl (C=O) groups is 1. The number of hydrogen-bond donors (Lipinski definition) is 2. The summed E-state index contributed by atoms with van der Waals surface area (Å²) in [7, 11) is 0. The van der Waals surface area contributed by atoms with Crippen molar-refractivity contribution in [3.8, 4) is 5.75 Å². The van der Waals surface area contributed by atoms with Crippen LogP contribution >= 0.6 is 11.6 Å². The molecule has 1 amide bonds. The molecule has 0 saturated carbocycles. The number of ether oxygens (including phenoxy) is 1. The SMILES string of the molecule is Cc1nc(N)nc(Cl)c1Cc1cc(OC(N)=O)ccc1F. The van der Waals surface area contributed by atoms with Crippen LogP contribution in [0.5, 0.6) is 5.75 Å². The summed E-state index contributed by atoms with van der Waals surface area (Å²) in [5.74, 6) is -0.282. The molecule has 0 saturated heterocycles. The first-order valence-electron chi connectivity index (χ1n) is 5.91. The first-order chi connectivity index (χ1) is 9.86. The molecule has 0 unspecified atom stereocenters. The van der Waals surface area contributed by atoms with Gasteiger partial charge in [0.15, 0.2) is 0 Å². The lowest BCUT2D eigenvalue weighted by Crippen LogP contribution is -2.16. The third kappa shape index (κ3) is 3.57. The Hall–Kier alpha value is -2.41. The van der Waals surface area contributed by atoms with Gasteiger partial charge in [-0.1, -0.05) is 11.6 Å². The number of nitrogens with zero attached hydrogens (tertiary/aromatic N) is 2. The van der Waals surface area contributed by atoms with Crippen molar-refractivity contribution in [2.45, 2.75) is 13.3 Å². The maximum Gasteiger partial charge on any atom is 0.409 e. The second-order valence-electron chi connectivity index (χ2n) is 4.29. The van der Waals surface area contributed by atoms with Crippen LogP contribution in [0.15, 0.2) is 18.2 Å². The lowest BCUT2D eigenvalue weighted by molar-refractivity contribution is 0.211. The molecule has 0 aliphatic rings. The normalized spacial score (nSPS) is 10.4. The molecule has 0 bridgehead atoms. The average Bonchev–Trinajstić information content (AvgIpc) is 2.36. The first kappa shape index (κ1) is 15.0. The third-order valence-electron chi connectivity index (χ3n) is 2.78. The highest BCUT2D eigenvalue weighted by molar-refractivity contribution is 6.30. The van der Waals surface area contributed by atoms with E-state index in [1.807, 2.05) is 0 Å². The molecule has 6 nitrogen and oxygen atoms in total. The summed E-state index contributed by atoms with van der Waals surface area (Å²) in [6.07, 6.45) is -0.843. The lowest BCUT2D eigenvalue weighted by atomic mass is 10.0. The number of aryl methyl sites for hydroxylation is 1. The monoisotopic (exact) mass is 310 g/mol. The number of anilines is 1. The van der Waals surface area contributed by atoms with Crippen LogP contribution in [-0.2, 0) is 6.42 Å². The van der Waals surface area contributed by atoms with E-state index in [1.165, 1.54) is 18.2 Å². The number of carbonyl (C=O) groups excluding carboxylic acids is 1. The van der Waals surface area contributed by atoms with E-state index in [9.17, 15) is 9.18 Å². The predicted octanol–water partition coefficient (Wildman–Crippen LogP) is 2.21. The Labute approximate surface area is 124 Å². The highest BCUT2D eigenvalue weighted by Crippen LogP contribution is 2.24. The van der Waals surface area contributed by atoms with Crippen LogP contribution in [0.4, 0.5) is 15.1 Å². The van der Waals surface area contributed by atoms with Crippen molar-refractivity contribution in [1.82, 2.24) is 9.97 Å². The van der Waals surface area contributed by atoms with E-state index in [4.69, 9.17) is 27.8 Å². The zero-order chi connectivity index (χ0) is 15.6. The summed E-state index contributed by atoms with van der Waals surface area (Å²) >= 11 is 6.00. The topological polar surface area (TPSA) is 104 Å². The highest BCUT2D eigenvalue weighted by Gasteiger charge is 2.13. The molecule has 1 aromatic carbocycles. The van der Waals surface area contributed by atoms with Crippen molar-refractivity contribution in [2.75, 3.05) is 5.73 Å². The molecule has 0 atom stereocenters. The van der Waals surface area contributed by atoms with E-state index >= 15 is 0 Å². The number of amides is 1. The Morgan fingerprint density at radius 1 is 1.43 bits per heavy atom. The molecular formula is C13H12ClFN4O2. The molecule has 21 heavy (non-hydrogen) atoms. The molecule has 1 heterocycles. The van der Waals surface area contributed by atoms with Gasteiger partial charge in [-0.05, 0) is 30.7 Å². The van der Waals surface area contributed by atoms with E-state index in [0.717, 1.165) is 0 Å². The van der Waals surface area contributed by atoms with E-state index in [0.29, 0.717) is 11.3 Å². The van der Waals surface area contributed by atoms with Crippen molar-refractivity contribution >= 4 is 23.6 Å². The fourth-order valence-electron chi connectivity index (χ4n) is 1.84. The van der Waals surface area contributed by atoms with Crippen LogP contribution in [0, 0.1) is 12.7 Å². The predicted molar refractivity (Wildman–Crippen MR) is 75.6 cm³/mol. The summed E-state index contributed by atoms with van der Waals surface area (Å²) < 4.78 is 18.6. The van der Waals surface area contributed by atoms with Crippen LogP contribution in [0.25, 0.3) is 0 Å². The minimum atomic E-state index is -0.974. The molecule has 110 valence electrons. The number of aromatic nitrogens is 2. The van der Waals surface area contributed by atoms with Crippen LogP contribution in [0.3, 0.4) is 0 Å². The molecular weight excluding hydrogens is 299 g/mol. The Kier molecular flexibility index (Phi) is 4.23. The Bertz CT molecular complexity index is 686. The van der Waals surface area contributed by atoms with Crippen LogP contribution < -0.4 is 16.2 Å². The van der Waals surface area contributed by atoms with Crippen molar-refractivity contribution in [2.24, 2.45) is 5.73 Å². The highest BCUT2D eigenvalue weighted by atomic mass is 35.5. The van der Waals surface area contributed by atoms with Gasteiger partial charge in [0.05, 0.1) is 0 Å². The number of halogens is 2. The Balaban J connectivity index is 2.37. The molecule has 8 heteroatoms. The summed E-state index contributed by atoms with van der Waals surface area (Å²) in [6, 6.07) is 3.85. The molecule has 0 spiro atoms. The minimum Gasteiger partial charge on any atom is -0.410 e. The fourth-order valence-corrected chi connectivity index (χ4v) is 2.13. The lowest BCUT2D eigenvalue weighted by Gasteiger charge is -2.10. The van der Waals surface area contributed by atoms with E-state index < -0.39 is 11.9 Å². The Morgan fingerprint density at radius 2 is 2.14 bits per heavy atom. The van der Waals surface area contributed by atoms with Gasteiger partial charge in [0.1, 0.15) is 16.7 Å². The van der Waals surface area contributed by atoms with E-state index in [2.05, 4.69) is 9.97 Å². The van der Waals surface area contributed by atoms with E-state index in [-0.39, 0.29) is 28.8 Å². The summed E-state index contributed by atoms with van der Waals surface area (Å²) in [4.78, 5) is 18.5. The summed E-state index contributed by atoms with van der Waals surface area (Å²) in [5, 5.41) is 0.153. The zero-order valence-corrected chi connectivity index (χ0v) is 11.8. The van der Waals surface area contributed by atoms with E-state index in [1.54, 1.807) is 6.92 Å². The second kappa shape index (κ2) is 5.92. The first-order valence-corrected chi connectivity index (χ1v) is 6.29. The van der Waals surface area contributed by atoms with Gasteiger partial charge in [0.2, 0.25) is 5.95 Å². The fraction of sp³-hybridized carbons (Fsp3) is 0.154. The number of primary amides is 1. The largest absolute Gasteiger partial charge is 0.410 e. The van der Waals surface area contributed by atoms with Crippen LogP contribution in [0.1, 0.15) is 16.8 Å². The van der Waals surface area contributed by atoms with Gasteiger partial charge in [0, 0.05) is 17.7 Å². The molecule has 2 rings (SSSR count). The number of rotatable bonds is 3. The number of nitrogen functional groups attached to an aromatic ring is 1. The molecule has 0 fully saturated rings. The summed E-state index contributed by atoms with van der Waals surface area (Å²) in [5.41, 5.74) is 11.8. The molecule has 0 aliphatic carbocycles. The van der Waals surface area contributed by atoms with Gasteiger partial charge in [-0.15, -0.1) is 0 Å². The summed E-state index contributed by atoms with van der Waals surface area (Å²) in [6.45, 7) is 1.70. The third-order valence-corrected chi connectivity index (χ3v) is 3.10. The van der Waals surface area contributed by atoms with Crippen LogP contribution in [-0.4, -0.2) is 16.1 Å². The van der Waals surface area contributed by atoms with Crippen molar-refractivity contribution in [1.29, 1.82) is 0 Å². The number of benzene rings is 1. The number of nitrogens with two attached hydrogens (primary N) is 2. The van der Waals surface area contributed by atoms with Gasteiger partial charge in [-0.3, -0.25) is 0 Å². The van der Waals surface area contributed by atoms with Crippen LogP contribution in [0.2, 0.25) is 5.15 Å². The van der Waals surface area contributed by atoms with Gasteiger partial charge < -0.3 is 16.2 Å². The molecule has 4 N–H and O–H groups in total. The smallest absolute Gasteiger partial charge is 0.409 e. The second-order valence-corrected chi connectivity index (χ2v) is 4.65. The minimum absolute atomic E-state index is 0.0486. The quantitative estimate of drug-likeness (QED) is 0.846. The standard InChI is InChI=1S/C13H12ClFN4O2/c1-6-9(11(14)19-12(16)18-6)5-7-4-8(21-13(17)20)2-3-10(7)15/h2-4H,5H2,1H3,(H2,17,20)(H2,16,18,19). The van der Waals surface area contributed by atoms with Gasteiger partial charge in [-0.2, -0.15) is 0 Å². The van der Waals surface area contributed by atoms with Gasteiger partial charge >= 0.3 is 6.09 Å². The zero-order valence-electron chi connectivity index (χ0n) is 11.1. The average molecular weight is 311 g/mol. The van der Waals surface area contributed by atoms with Gasteiger partial charge in [0.25, 0.3) is 0 Å². The maximum atomic E-state index is 13.9. The molecule has 0 aliphatic heterocycles. The molecule has 2 aromatic rings. The number of hydrogen-bond acceptors (Lipinski definition) is 5. The van der Waals surface area contributed by atoms with Crippen molar-refractivity contribution in [3.63, 3.8) is 0 Å². The maximum absolute atomic E-state index is 13.9. The van der Waals surface area contributed by atoms with Gasteiger partial charge in [-0.25, -0.2) is 19.2 Å². The molecule has 0 radical (unpaired) electrons.